The monoisotopic (exact) mass is 491 g/mol. The molecule has 32 heavy (non-hydrogen) atoms. The number of benzene rings is 1. The van der Waals surface area contributed by atoms with E-state index in [1.165, 1.54) is 4.90 Å². The average Bonchev–Trinajstić information content (AvgIpc) is 2.68. The molecule has 1 saturated heterocycles. The van der Waals surface area contributed by atoms with Gasteiger partial charge in [-0.2, -0.15) is 0 Å². The van der Waals surface area contributed by atoms with Gasteiger partial charge >= 0.3 is 5.97 Å². The predicted octanol–water partition coefficient (Wildman–Crippen LogP) is 3.20. The van der Waals surface area contributed by atoms with Crippen molar-refractivity contribution in [1.82, 2.24) is 15.2 Å². The van der Waals surface area contributed by atoms with Crippen LogP contribution in [-0.4, -0.2) is 56.4 Å². The minimum atomic E-state index is -2.10. The zero-order chi connectivity index (χ0) is 23.8. The Balaban J connectivity index is 1.77. The lowest BCUT2D eigenvalue weighted by molar-refractivity contribution is -0.150. The van der Waals surface area contributed by atoms with Crippen molar-refractivity contribution < 1.29 is 18.8 Å². The van der Waals surface area contributed by atoms with Crippen LogP contribution < -0.4 is 10.3 Å². The normalized spacial score (nSPS) is 22.1. The quantitative estimate of drug-likeness (QED) is 0.450. The van der Waals surface area contributed by atoms with Gasteiger partial charge in [-0.05, 0) is 37.7 Å². The molecule has 174 valence electrons. The Bertz CT molecular complexity index is 941. The van der Waals surface area contributed by atoms with Crippen molar-refractivity contribution >= 4 is 46.1 Å². The van der Waals surface area contributed by atoms with Crippen LogP contribution >= 0.6 is 11.8 Å². The molecule has 10 heteroatoms. The summed E-state index contributed by atoms with van der Waals surface area (Å²) >= 11 is 1.56. The summed E-state index contributed by atoms with van der Waals surface area (Å²) in [4.78, 5) is 44.1. The van der Waals surface area contributed by atoms with Gasteiger partial charge in [-0.25, -0.2) is 4.79 Å². The molecule has 2 heterocycles. The lowest BCUT2D eigenvalue weighted by Gasteiger charge is -2.50. The molecule has 2 N–H and O–H groups in total. The molecule has 0 aliphatic carbocycles. The second kappa shape index (κ2) is 9.16. The highest BCUT2D eigenvalue weighted by atomic mass is 32.2. The zero-order valence-electron chi connectivity index (χ0n) is 19.8. The molecule has 3 unspecified atom stereocenters. The van der Waals surface area contributed by atoms with Crippen LogP contribution in [0, 0.1) is 0 Å². The number of thioether (sulfide) groups is 1. The van der Waals surface area contributed by atoms with E-state index in [-0.39, 0.29) is 17.2 Å². The van der Waals surface area contributed by atoms with Gasteiger partial charge in [0.05, 0.1) is 0 Å². The van der Waals surface area contributed by atoms with Crippen molar-refractivity contribution in [3.63, 3.8) is 0 Å². The highest BCUT2D eigenvalue weighted by Crippen LogP contribution is 2.41. The molecule has 3 rings (SSSR count). The van der Waals surface area contributed by atoms with E-state index in [1.54, 1.807) is 11.8 Å². The molecule has 2 amide bonds. The Kier molecular flexibility index (Phi) is 7.09. The maximum atomic E-state index is 13.3. The van der Waals surface area contributed by atoms with Gasteiger partial charge in [-0.1, -0.05) is 50.0 Å². The van der Waals surface area contributed by atoms with Gasteiger partial charge in [0.25, 0.3) is 5.91 Å². The number of amides is 2. The lowest BCUT2D eigenvalue weighted by atomic mass is 10.0. The molecule has 1 fully saturated rings. The Morgan fingerprint density at radius 2 is 1.75 bits per heavy atom. The first kappa shape index (κ1) is 24.8. The van der Waals surface area contributed by atoms with E-state index in [2.05, 4.69) is 29.9 Å². The van der Waals surface area contributed by atoms with Crippen molar-refractivity contribution in [2.75, 3.05) is 5.75 Å². The second-order valence-corrected chi connectivity index (χ2v) is 20.6. The van der Waals surface area contributed by atoms with E-state index in [0.717, 1.165) is 11.1 Å². The molecule has 0 radical (unpaired) electrons. The van der Waals surface area contributed by atoms with E-state index < -0.39 is 34.6 Å². The Hall–Kier alpha value is -1.89. The van der Waals surface area contributed by atoms with Crippen LogP contribution in [-0.2, 0) is 18.8 Å². The van der Waals surface area contributed by atoms with E-state index in [9.17, 15) is 14.4 Å². The number of carbonyl (C=O) groups excluding carboxylic acids is 3. The molecule has 0 bridgehead atoms. The number of carbonyl (C=O) groups is 3. The maximum Gasteiger partial charge on any atom is 0.341 e. The molecule has 7 nitrogen and oxygen atoms in total. The van der Waals surface area contributed by atoms with Crippen molar-refractivity contribution in [2.45, 2.75) is 63.7 Å². The number of hydrogen-bond acceptors (Lipinski definition) is 6. The number of nitrogens with zero attached hydrogens (tertiary/aromatic N) is 1. The van der Waals surface area contributed by atoms with Crippen LogP contribution in [0.5, 0.6) is 0 Å². The summed E-state index contributed by atoms with van der Waals surface area (Å²) < 4.78 is 5.66. The van der Waals surface area contributed by atoms with Crippen LogP contribution in [0.4, 0.5) is 0 Å². The van der Waals surface area contributed by atoms with Gasteiger partial charge in [0.1, 0.15) is 31.4 Å². The van der Waals surface area contributed by atoms with Gasteiger partial charge in [-0.15, -0.1) is 11.8 Å². The van der Waals surface area contributed by atoms with Crippen molar-refractivity contribution in [1.29, 1.82) is 0 Å². The summed E-state index contributed by atoms with van der Waals surface area (Å²) in [6, 6.07) is 8.35. The van der Waals surface area contributed by atoms with Gasteiger partial charge in [-0.3, -0.25) is 14.5 Å². The molecule has 1 aromatic rings. The molecular weight excluding hydrogens is 458 g/mol. The summed E-state index contributed by atoms with van der Waals surface area (Å²) in [5, 5.41) is 2.65. The van der Waals surface area contributed by atoms with Gasteiger partial charge < -0.3 is 14.7 Å². The third kappa shape index (κ3) is 5.53. The second-order valence-electron chi connectivity index (χ2n) is 10.3. The summed E-state index contributed by atoms with van der Waals surface area (Å²) in [5.41, 5.74) is 2.03. The number of nitrogens with one attached hydrogen (secondary N) is 2. The Morgan fingerprint density at radius 3 is 2.31 bits per heavy atom. The Labute approximate surface area is 196 Å². The largest absolute Gasteiger partial charge is 0.515 e. The standard InChI is InChI=1S/C22H33N3O4SSi2/c1-14-13-30-21-17(20(27)25(21)18(14)22(28)29-32(5,6)7)23-19(26)16(24-31(2,3)4)15-11-9-8-10-12-15/h8-12,16-17,21,24H,13H2,1-7H3,(H,23,26). The Morgan fingerprint density at radius 1 is 1.12 bits per heavy atom. The van der Waals surface area contributed by atoms with Crippen molar-refractivity contribution in [3.8, 4) is 0 Å². The number of hydrogen-bond donors (Lipinski definition) is 2. The highest BCUT2D eigenvalue weighted by molar-refractivity contribution is 8.00. The minimum Gasteiger partial charge on any atom is -0.515 e. The molecule has 2 aliphatic heterocycles. The fourth-order valence-corrected chi connectivity index (χ4v) is 6.81. The number of rotatable bonds is 7. The van der Waals surface area contributed by atoms with E-state index in [1.807, 2.05) is 56.9 Å². The first-order valence-electron chi connectivity index (χ1n) is 10.8. The molecule has 0 saturated carbocycles. The van der Waals surface area contributed by atoms with E-state index in [0.29, 0.717) is 11.4 Å². The van der Waals surface area contributed by atoms with Crippen LogP contribution in [0.25, 0.3) is 0 Å². The van der Waals surface area contributed by atoms with Crippen molar-refractivity contribution in [3.05, 3.63) is 47.2 Å². The average molecular weight is 492 g/mol. The molecule has 2 aliphatic rings. The van der Waals surface area contributed by atoms with Gasteiger partial charge in [0.15, 0.2) is 0 Å². The van der Waals surface area contributed by atoms with Crippen LogP contribution in [0.1, 0.15) is 18.5 Å². The fourth-order valence-electron chi connectivity index (χ4n) is 3.70. The molecule has 3 atom stereocenters. The van der Waals surface area contributed by atoms with Crippen molar-refractivity contribution in [2.24, 2.45) is 0 Å². The summed E-state index contributed by atoms with van der Waals surface area (Å²) in [6.45, 7) is 14.1. The third-order valence-electron chi connectivity index (χ3n) is 5.02. The SMILES string of the molecule is CC1=C(C(=O)O[Si](C)(C)C)N2C(=O)C(NC(=O)C(N[Si](C)(C)C)c3ccccc3)C2SC1. The number of β-lactam (4-membered cyclic amide) rings is 1. The van der Waals surface area contributed by atoms with Gasteiger partial charge in [0, 0.05) is 5.75 Å². The van der Waals surface area contributed by atoms with E-state index in [4.69, 9.17) is 4.43 Å². The lowest BCUT2D eigenvalue weighted by Crippen LogP contribution is -2.71. The molecule has 1 aromatic carbocycles. The highest BCUT2D eigenvalue weighted by Gasteiger charge is 2.54. The summed E-state index contributed by atoms with van der Waals surface area (Å²) in [6.07, 6.45) is 0. The molecular formula is C22H33N3O4SSi2. The zero-order valence-corrected chi connectivity index (χ0v) is 22.6. The first-order chi connectivity index (χ1) is 14.8. The minimum absolute atomic E-state index is 0.227. The summed E-state index contributed by atoms with van der Waals surface area (Å²) in [7, 11) is -3.90. The van der Waals surface area contributed by atoms with Crippen LogP contribution in [0.3, 0.4) is 0 Å². The maximum absolute atomic E-state index is 13.3. The topological polar surface area (TPSA) is 87.7 Å². The molecule has 0 aromatic heterocycles. The number of fused-ring (bicyclic) bond motifs is 1. The predicted molar refractivity (Wildman–Crippen MR) is 133 cm³/mol. The smallest absolute Gasteiger partial charge is 0.341 e. The third-order valence-corrected chi connectivity index (χ3v) is 8.40. The van der Waals surface area contributed by atoms with Crippen LogP contribution in [0.15, 0.2) is 41.6 Å². The van der Waals surface area contributed by atoms with Crippen LogP contribution in [0.2, 0.25) is 39.3 Å². The fraction of sp³-hybridized carbons (Fsp3) is 0.500. The summed E-state index contributed by atoms with van der Waals surface area (Å²) in [5.74, 6) is -0.314. The molecule has 0 spiro atoms. The first-order valence-corrected chi connectivity index (χ1v) is 18.7. The van der Waals surface area contributed by atoms with Gasteiger partial charge in [0.2, 0.25) is 14.2 Å². The van der Waals surface area contributed by atoms with E-state index >= 15 is 0 Å².